The average Bonchev–Trinajstić information content (AvgIpc) is 3.19. The van der Waals surface area contributed by atoms with Crippen LogP contribution in [0.15, 0.2) is 188 Å². The molecule has 0 amide bonds. The normalized spacial score (nSPS) is 13.0. The molecule has 0 unspecified atom stereocenters. The van der Waals surface area contributed by atoms with Gasteiger partial charge in [0, 0.05) is 34.1 Å². The van der Waals surface area contributed by atoms with Crippen molar-refractivity contribution >= 4 is 89.5 Å². The lowest BCUT2D eigenvalue weighted by atomic mass is 9.33. The molecule has 0 fully saturated rings. The highest BCUT2D eigenvalue weighted by atomic mass is 15.2. The highest BCUT2D eigenvalue weighted by Crippen LogP contribution is 2.47. The van der Waals surface area contributed by atoms with E-state index in [1.54, 1.807) is 0 Å². The van der Waals surface area contributed by atoms with Crippen LogP contribution in [-0.4, -0.2) is 6.71 Å². The lowest BCUT2D eigenvalue weighted by Gasteiger charge is -2.44. The molecule has 2 aliphatic rings. The zero-order valence-electron chi connectivity index (χ0n) is 27.9. The maximum Gasteiger partial charge on any atom is 0.252 e. The van der Waals surface area contributed by atoms with Gasteiger partial charge in [0.15, 0.2) is 0 Å². The number of benzene rings is 9. The van der Waals surface area contributed by atoms with Crippen LogP contribution in [0.25, 0.3) is 43.4 Å². The third kappa shape index (κ3) is 4.25. The van der Waals surface area contributed by atoms with E-state index in [4.69, 9.17) is 0 Å². The minimum atomic E-state index is 0.0377. The molecule has 0 N–H and O–H groups in total. The predicted molar refractivity (Wildman–Crippen MR) is 218 cm³/mol. The van der Waals surface area contributed by atoms with E-state index >= 15 is 0 Å². The topological polar surface area (TPSA) is 6.48 Å². The van der Waals surface area contributed by atoms with Crippen molar-refractivity contribution in [2.45, 2.75) is 0 Å². The van der Waals surface area contributed by atoms with E-state index in [1.165, 1.54) is 82.6 Å². The Morgan fingerprint density at radius 3 is 1.29 bits per heavy atom. The predicted octanol–water partition coefficient (Wildman–Crippen LogP) is 10.9. The molecule has 0 spiro atoms. The Balaban J connectivity index is 1.32. The molecule has 9 aromatic carbocycles. The van der Waals surface area contributed by atoms with Crippen molar-refractivity contribution in [3.63, 3.8) is 0 Å². The summed E-state index contributed by atoms with van der Waals surface area (Å²) in [6, 6.07) is 69.5. The molecular weight excluding hydrogens is 615 g/mol. The number of anilines is 6. The second kappa shape index (κ2) is 11.0. The van der Waals surface area contributed by atoms with Crippen LogP contribution in [0, 0.1) is 0 Å². The van der Waals surface area contributed by atoms with Crippen LogP contribution in [-0.2, 0) is 0 Å². The molecule has 9 aromatic rings. The summed E-state index contributed by atoms with van der Waals surface area (Å²) in [5, 5.41) is 7.50. The van der Waals surface area contributed by atoms with Crippen molar-refractivity contribution in [2.24, 2.45) is 0 Å². The molecule has 0 radical (unpaired) electrons. The Labute approximate surface area is 297 Å². The molecule has 0 aliphatic carbocycles. The molecule has 0 aromatic heterocycles. The highest BCUT2D eigenvalue weighted by molar-refractivity contribution is 7.00. The summed E-state index contributed by atoms with van der Waals surface area (Å²) in [7, 11) is 0. The quantitative estimate of drug-likeness (QED) is 0.176. The van der Waals surface area contributed by atoms with Gasteiger partial charge in [0.2, 0.25) is 0 Å². The fourth-order valence-corrected chi connectivity index (χ4v) is 8.71. The van der Waals surface area contributed by atoms with Gasteiger partial charge in [-0.3, -0.25) is 0 Å². The number of para-hydroxylation sites is 2. The molecule has 0 saturated heterocycles. The molecule has 51 heavy (non-hydrogen) atoms. The first-order valence-corrected chi connectivity index (χ1v) is 17.7. The van der Waals surface area contributed by atoms with Gasteiger partial charge in [-0.15, -0.1) is 0 Å². The molecule has 0 bridgehead atoms. The van der Waals surface area contributed by atoms with Gasteiger partial charge in [-0.2, -0.15) is 0 Å². The van der Waals surface area contributed by atoms with Crippen LogP contribution in [0.1, 0.15) is 0 Å². The average molecular weight is 647 g/mol. The summed E-state index contributed by atoms with van der Waals surface area (Å²) in [6.45, 7) is 0.0377. The van der Waals surface area contributed by atoms with Crippen molar-refractivity contribution in [3.8, 4) is 11.1 Å². The van der Waals surface area contributed by atoms with E-state index in [0.717, 1.165) is 11.4 Å². The second-order valence-electron chi connectivity index (χ2n) is 13.7. The van der Waals surface area contributed by atoms with Crippen LogP contribution in [0.3, 0.4) is 0 Å². The van der Waals surface area contributed by atoms with Gasteiger partial charge in [-0.1, -0.05) is 140 Å². The lowest BCUT2D eigenvalue weighted by Crippen LogP contribution is -2.61. The molecule has 3 heteroatoms. The summed E-state index contributed by atoms with van der Waals surface area (Å²) in [6.07, 6.45) is 0. The maximum absolute atomic E-state index is 2.51. The first-order chi connectivity index (χ1) is 25.3. The number of nitrogens with zero attached hydrogens (tertiary/aromatic N) is 2. The second-order valence-corrected chi connectivity index (χ2v) is 13.7. The fourth-order valence-electron chi connectivity index (χ4n) is 8.71. The number of hydrogen-bond donors (Lipinski definition) is 0. The van der Waals surface area contributed by atoms with Gasteiger partial charge >= 0.3 is 0 Å². The smallest absolute Gasteiger partial charge is 0.252 e. The lowest BCUT2D eigenvalue weighted by molar-refractivity contribution is 1.26. The third-order valence-corrected chi connectivity index (χ3v) is 10.9. The number of hydrogen-bond acceptors (Lipinski definition) is 2. The van der Waals surface area contributed by atoms with Gasteiger partial charge in [-0.25, -0.2) is 0 Å². The molecule has 0 atom stereocenters. The van der Waals surface area contributed by atoms with Crippen LogP contribution < -0.4 is 26.2 Å². The van der Waals surface area contributed by atoms with E-state index in [0.29, 0.717) is 0 Å². The molecule has 0 saturated carbocycles. The van der Waals surface area contributed by atoms with Gasteiger partial charge < -0.3 is 9.80 Å². The van der Waals surface area contributed by atoms with Gasteiger partial charge in [0.25, 0.3) is 6.71 Å². The SMILES string of the molecule is c1ccc(N2c3cc4ccccc4cc3B3c4cc5ccccc5cc4N(c4ccccc4)c4cc(-c5cccc6ccccc56)cc2c43)cc1. The zero-order valence-corrected chi connectivity index (χ0v) is 27.9. The summed E-state index contributed by atoms with van der Waals surface area (Å²) >= 11 is 0. The van der Waals surface area contributed by atoms with E-state index in [1.807, 2.05) is 0 Å². The maximum atomic E-state index is 2.51. The summed E-state index contributed by atoms with van der Waals surface area (Å²) < 4.78 is 0. The molecule has 236 valence electrons. The van der Waals surface area contributed by atoms with Crippen molar-refractivity contribution in [1.82, 2.24) is 0 Å². The summed E-state index contributed by atoms with van der Waals surface area (Å²) in [5.74, 6) is 0. The number of rotatable bonds is 3. The minimum Gasteiger partial charge on any atom is -0.311 e. The first kappa shape index (κ1) is 28.3. The van der Waals surface area contributed by atoms with Crippen molar-refractivity contribution in [2.75, 3.05) is 9.80 Å². The molecule has 2 aliphatic heterocycles. The third-order valence-electron chi connectivity index (χ3n) is 10.9. The Morgan fingerprint density at radius 1 is 0.333 bits per heavy atom. The molecular formula is C48H31BN2. The monoisotopic (exact) mass is 646 g/mol. The van der Waals surface area contributed by atoms with Crippen LogP contribution >= 0.6 is 0 Å². The Kier molecular flexibility index (Phi) is 6.08. The Hall–Kier alpha value is -6.58. The first-order valence-electron chi connectivity index (χ1n) is 17.7. The molecule has 2 nitrogen and oxygen atoms in total. The molecule has 2 heterocycles. The molecule has 11 rings (SSSR count). The van der Waals surface area contributed by atoms with Crippen LogP contribution in [0.5, 0.6) is 0 Å². The summed E-state index contributed by atoms with van der Waals surface area (Å²) in [5.41, 5.74) is 13.6. The largest absolute Gasteiger partial charge is 0.311 e. The van der Waals surface area contributed by atoms with Gasteiger partial charge in [-0.05, 0) is 108 Å². The van der Waals surface area contributed by atoms with Crippen LogP contribution in [0.2, 0.25) is 0 Å². The Morgan fingerprint density at radius 2 is 0.765 bits per heavy atom. The van der Waals surface area contributed by atoms with Crippen molar-refractivity contribution in [3.05, 3.63) is 188 Å². The fraction of sp³-hybridized carbons (Fsp3) is 0. The standard InChI is InChI=1S/C48H31BN2/c1-3-20-38(21-4-1)50-44-28-35-17-9-7-15-33(35)26-42(44)49-43-27-34-16-8-10-18-36(34)29-45(43)51(39-22-5-2-6-23-39)47-31-37(30-46(50)48(47)49)41-25-13-19-32-14-11-12-24-40(32)41/h1-31H. The van der Waals surface area contributed by atoms with Gasteiger partial charge in [0.05, 0.1) is 0 Å². The van der Waals surface area contributed by atoms with E-state index in [2.05, 4.69) is 198 Å². The highest BCUT2D eigenvalue weighted by Gasteiger charge is 2.44. The number of fused-ring (bicyclic) bond motifs is 7. The summed E-state index contributed by atoms with van der Waals surface area (Å²) in [4.78, 5) is 5.03. The zero-order chi connectivity index (χ0) is 33.5. The van der Waals surface area contributed by atoms with Crippen LogP contribution in [0.4, 0.5) is 34.1 Å². The Bertz CT molecular complexity index is 2670. The minimum absolute atomic E-state index is 0.0377. The van der Waals surface area contributed by atoms with E-state index in [-0.39, 0.29) is 6.71 Å². The van der Waals surface area contributed by atoms with E-state index < -0.39 is 0 Å². The van der Waals surface area contributed by atoms with Crippen molar-refractivity contribution < 1.29 is 0 Å². The van der Waals surface area contributed by atoms with Crippen molar-refractivity contribution in [1.29, 1.82) is 0 Å². The van der Waals surface area contributed by atoms with E-state index in [9.17, 15) is 0 Å². The van der Waals surface area contributed by atoms with Gasteiger partial charge in [0.1, 0.15) is 0 Å².